The Kier molecular flexibility index (Phi) is 6.93. The van der Waals surface area contributed by atoms with E-state index >= 15 is 0 Å². The molecule has 0 heterocycles. The van der Waals surface area contributed by atoms with Gasteiger partial charge in [-0.25, -0.2) is 4.79 Å². The molecule has 0 saturated carbocycles. The van der Waals surface area contributed by atoms with Gasteiger partial charge in [-0.15, -0.1) is 0 Å². The summed E-state index contributed by atoms with van der Waals surface area (Å²) in [5.41, 5.74) is 4.28. The van der Waals surface area contributed by atoms with Crippen molar-refractivity contribution in [2.45, 2.75) is 40.7 Å². The minimum Gasteiger partial charge on any atom is -0.482 e. The second-order valence-corrected chi connectivity index (χ2v) is 6.76. The molecule has 0 saturated heterocycles. The molecule has 6 heteroatoms. The smallest absolute Gasteiger partial charge is 0.344 e. The van der Waals surface area contributed by atoms with Gasteiger partial charge in [0.2, 0.25) is 0 Å². The maximum absolute atomic E-state index is 12.4. The predicted octanol–water partition coefficient (Wildman–Crippen LogP) is 3.76. The third-order valence-electron chi connectivity index (χ3n) is 4.22. The van der Waals surface area contributed by atoms with E-state index < -0.39 is 18.0 Å². The Hall–Kier alpha value is -3.15. The quantitative estimate of drug-likeness (QED) is 0.581. The standard InChI is InChI=1S/C22H25NO5/c1-13-10-14(2)21(15(3)11-13)23-22(26)17(5)28-20(25)12-27-19-8-6-18(7-9-19)16(4)24/h6-11,17H,12H2,1-5H3,(H,23,26)/t17-/m0/s1. The number of carbonyl (C=O) groups excluding carboxylic acids is 3. The molecule has 0 aliphatic heterocycles. The number of benzene rings is 2. The number of rotatable bonds is 7. The number of ether oxygens (including phenoxy) is 2. The first-order valence-corrected chi connectivity index (χ1v) is 8.99. The first-order chi connectivity index (χ1) is 13.2. The summed E-state index contributed by atoms with van der Waals surface area (Å²) >= 11 is 0. The number of esters is 1. The number of ketones is 1. The zero-order valence-corrected chi connectivity index (χ0v) is 16.8. The molecule has 0 fully saturated rings. The lowest BCUT2D eigenvalue weighted by Crippen LogP contribution is -2.32. The van der Waals surface area contributed by atoms with Crippen LogP contribution in [0.15, 0.2) is 36.4 Å². The lowest BCUT2D eigenvalue weighted by atomic mass is 10.0. The highest BCUT2D eigenvalue weighted by Crippen LogP contribution is 2.22. The van der Waals surface area contributed by atoms with E-state index in [0.717, 1.165) is 22.4 Å². The SMILES string of the molecule is CC(=O)c1ccc(OCC(=O)O[C@@H](C)C(=O)Nc2c(C)cc(C)cc2C)cc1. The molecule has 0 aliphatic rings. The fraction of sp³-hybridized carbons (Fsp3) is 0.318. The van der Waals surface area contributed by atoms with Crippen molar-refractivity contribution < 1.29 is 23.9 Å². The van der Waals surface area contributed by atoms with E-state index in [2.05, 4.69) is 5.32 Å². The topological polar surface area (TPSA) is 81.7 Å². The van der Waals surface area contributed by atoms with E-state index in [1.165, 1.54) is 13.8 Å². The molecule has 0 bridgehead atoms. The fourth-order valence-electron chi connectivity index (χ4n) is 2.81. The van der Waals surface area contributed by atoms with Crippen LogP contribution in [0.4, 0.5) is 5.69 Å². The van der Waals surface area contributed by atoms with Crippen LogP contribution in [0.2, 0.25) is 0 Å². The second kappa shape index (κ2) is 9.17. The van der Waals surface area contributed by atoms with E-state index in [9.17, 15) is 14.4 Å². The number of amides is 1. The maximum Gasteiger partial charge on any atom is 0.344 e. The van der Waals surface area contributed by atoms with Crippen LogP contribution in [-0.2, 0) is 14.3 Å². The van der Waals surface area contributed by atoms with Gasteiger partial charge in [-0.2, -0.15) is 0 Å². The van der Waals surface area contributed by atoms with Gasteiger partial charge in [0.15, 0.2) is 18.5 Å². The number of aryl methyl sites for hydroxylation is 3. The highest BCUT2D eigenvalue weighted by atomic mass is 16.6. The number of Topliss-reactive ketones (excluding diaryl/α,β-unsaturated/α-hetero) is 1. The first kappa shape index (κ1) is 21.2. The summed E-state index contributed by atoms with van der Waals surface area (Å²) < 4.78 is 10.5. The molecule has 0 aliphatic carbocycles. The molecule has 1 amide bonds. The van der Waals surface area contributed by atoms with E-state index in [-0.39, 0.29) is 12.4 Å². The van der Waals surface area contributed by atoms with Crippen molar-refractivity contribution in [3.63, 3.8) is 0 Å². The van der Waals surface area contributed by atoms with Crippen molar-refractivity contribution in [1.82, 2.24) is 0 Å². The molecule has 0 aromatic heterocycles. The number of hydrogen-bond acceptors (Lipinski definition) is 5. The minimum absolute atomic E-state index is 0.0511. The highest BCUT2D eigenvalue weighted by molar-refractivity contribution is 5.96. The third-order valence-corrected chi connectivity index (χ3v) is 4.22. The highest BCUT2D eigenvalue weighted by Gasteiger charge is 2.19. The molecule has 2 aromatic carbocycles. The van der Waals surface area contributed by atoms with Crippen molar-refractivity contribution in [2.24, 2.45) is 0 Å². The van der Waals surface area contributed by atoms with Crippen LogP contribution in [0.1, 0.15) is 40.9 Å². The Bertz CT molecular complexity index is 863. The van der Waals surface area contributed by atoms with Crippen LogP contribution in [0.25, 0.3) is 0 Å². The normalized spacial score (nSPS) is 11.5. The monoisotopic (exact) mass is 383 g/mol. The molecule has 1 atom stereocenters. The summed E-state index contributed by atoms with van der Waals surface area (Å²) in [6.45, 7) is 8.46. The average Bonchev–Trinajstić information content (AvgIpc) is 2.63. The lowest BCUT2D eigenvalue weighted by Gasteiger charge is -2.17. The van der Waals surface area contributed by atoms with E-state index in [1.807, 2.05) is 32.9 Å². The third kappa shape index (κ3) is 5.67. The fourth-order valence-corrected chi connectivity index (χ4v) is 2.81. The number of carbonyl (C=O) groups is 3. The molecule has 6 nitrogen and oxygen atoms in total. The summed E-state index contributed by atoms with van der Waals surface area (Å²) in [6, 6.07) is 10.4. The zero-order chi connectivity index (χ0) is 20.8. The number of anilines is 1. The van der Waals surface area contributed by atoms with E-state index in [1.54, 1.807) is 24.3 Å². The van der Waals surface area contributed by atoms with Crippen molar-refractivity contribution in [2.75, 3.05) is 11.9 Å². The van der Waals surface area contributed by atoms with Gasteiger partial charge in [-0.1, -0.05) is 17.7 Å². The van der Waals surface area contributed by atoms with Gasteiger partial charge in [-0.3, -0.25) is 9.59 Å². The van der Waals surface area contributed by atoms with Crippen LogP contribution >= 0.6 is 0 Å². The molecule has 1 N–H and O–H groups in total. The van der Waals surface area contributed by atoms with Crippen LogP contribution in [0, 0.1) is 20.8 Å². The van der Waals surface area contributed by atoms with Gasteiger partial charge >= 0.3 is 5.97 Å². The Labute approximate surface area is 164 Å². The molecular weight excluding hydrogens is 358 g/mol. The van der Waals surface area contributed by atoms with Gasteiger partial charge < -0.3 is 14.8 Å². The molecular formula is C22H25NO5. The molecule has 2 aromatic rings. The van der Waals surface area contributed by atoms with Crippen molar-refractivity contribution in [1.29, 1.82) is 0 Å². The van der Waals surface area contributed by atoms with Crippen LogP contribution in [0.3, 0.4) is 0 Å². The summed E-state index contributed by atoms with van der Waals surface area (Å²) in [7, 11) is 0. The van der Waals surface area contributed by atoms with Gasteiger partial charge in [0.05, 0.1) is 0 Å². The molecule has 28 heavy (non-hydrogen) atoms. The Morgan fingerprint density at radius 3 is 2.11 bits per heavy atom. The van der Waals surface area contributed by atoms with Crippen LogP contribution < -0.4 is 10.1 Å². The van der Waals surface area contributed by atoms with Crippen molar-refractivity contribution >= 4 is 23.3 Å². The molecule has 0 spiro atoms. The number of hydrogen-bond donors (Lipinski definition) is 1. The molecule has 148 valence electrons. The summed E-state index contributed by atoms with van der Waals surface area (Å²) in [4.78, 5) is 35.6. The molecule has 0 radical (unpaired) electrons. The summed E-state index contributed by atoms with van der Waals surface area (Å²) in [5.74, 6) is -0.681. The number of nitrogens with one attached hydrogen (secondary N) is 1. The second-order valence-electron chi connectivity index (χ2n) is 6.76. The zero-order valence-electron chi connectivity index (χ0n) is 16.8. The molecule has 0 unspecified atom stereocenters. The Morgan fingerprint density at radius 1 is 1.00 bits per heavy atom. The largest absolute Gasteiger partial charge is 0.482 e. The summed E-state index contributed by atoms with van der Waals surface area (Å²) in [6.07, 6.45) is -0.962. The predicted molar refractivity (Wildman–Crippen MR) is 107 cm³/mol. The van der Waals surface area contributed by atoms with Gasteiger partial charge in [0.1, 0.15) is 5.75 Å². The minimum atomic E-state index is -0.962. The van der Waals surface area contributed by atoms with E-state index in [4.69, 9.17) is 9.47 Å². The van der Waals surface area contributed by atoms with Crippen molar-refractivity contribution in [3.05, 3.63) is 58.7 Å². The Morgan fingerprint density at radius 2 is 1.57 bits per heavy atom. The van der Waals surface area contributed by atoms with Crippen molar-refractivity contribution in [3.8, 4) is 5.75 Å². The van der Waals surface area contributed by atoms with Gasteiger partial charge in [-0.05, 0) is 70.0 Å². The maximum atomic E-state index is 12.4. The molecule has 2 rings (SSSR count). The van der Waals surface area contributed by atoms with E-state index in [0.29, 0.717) is 11.3 Å². The van der Waals surface area contributed by atoms with Gasteiger partial charge in [0.25, 0.3) is 5.91 Å². The summed E-state index contributed by atoms with van der Waals surface area (Å²) in [5, 5.41) is 2.81. The Balaban J connectivity index is 1.87. The first-order valence-electron chi connectivity index (χ1n) is 8.99. The van der Waals surface area contributed by atoms with Crippen LogP contribution in [-0.4, -0.2) is 30.4 Å². The van der Waals surface area contributed by atoms with Gasteiger partial charge in [0, 0.05) is 11.3 Å². The average molecular weight is 383 g/mol. The van der Waals surface area contributed by atoms with Crippen LogP contribution in [0.5, 0.6) is 5.75 Å². The lowest BCUT2D eigenvalue weighted by molar-refractivity contribution is -0.155.